The highest BCUT2D eigenvalue weighted by molar-refractivity contribution is 9.10. The monoisotopic (exact) mass is 314 g/mol. The molecule has 0 heterocycles. The van der Waals surface area contributed by atoms with Gasteiger partial charge in [-0.2, -0.15) is 0 Å². The number of ether oxygens (including phenoxy) is 1. The first-order valence-electron chi connectivity index (χ1n) is 5.47. The SMILES string of the molecule is CCNC(=O)CNC(=O)c1cc(OC)ccc1Br. The summed E-state index contributed by atoms with van der Waals surface area (Å²) in [5.41, 5.74) is 0.429. The molecule has 0 aliphatic heterocycles. The predicted octanol–water partition coefficient (Wildman–Crippen LogP) is 1.32. The molecule has 0 saturated heterocycles. The summed E-state index contributed by atoms with van der Waals surface area (Å²) in [6, 6.07) is 5.07. The lowest BCUT2D eigenvalue weighted by atomic mass is 10.2. The van der Waals surface area contributed by atoms with Crippen molar-refractivity contribution in [2.24, 2.45) is 0 Å². The first-order chi connectivity index (χ1) is 8.58. The van der Waals surface area contributed by atoms with Gasteiger partial charge in [-0.1, -0.05) is 0 Å². The molecule has 0 bridgehead atoms. The number of methoxy groups -OCH3 is 1. The van der Waals surface area contributed by atoms with E-state index in [4.69, 9.17) is 4.74 Å². The second-order valence-electron chi connectivity index (χ2n) is 3.48. The van der Waals surface area contributed by atoms with Crippen molar-refractivity contribution in [1.82, 2.24) is 10.6 Å². The van der Waals surface area contributed by atoms with Gasteiger partial charge in [0, 0.05) is 11.0 Å². The minimum Gasteiger partial charge on any atom is -0.497 e. The molecule has 0 aromatic heterocycles. The molecule has 5 nitrogen and oxygen atoms in total. The van der Waals surface area contributed by atoms with Crippen molar-refractivity contribution in [2.75, 3.05) is 20.2 Å². The van der Waals surface area contributed by atoms with Crippen LogP contribution in [0.2, 0.25) is 0 Å². The van der Waals surface area contributed by atoms with E-state index in [9.17, 15) is 9.59 Å². The van der Waals surface area contributed by atoms with Crippen LogP contribution in [0.25, 0.3) is 0 Å². The van der Waals surface area contributed by atoms with Gasteiger partial charge in [-0.05, 0) is 41.1 Å². The van der Waals surface area contributed by atoms with Crippen LogP contribution in [0.15, 0.2) is 22.7 Å². The zero-order chi connectivity index (χ0) is 13.5. The van der Waals surface area contributed by atoms with Gasteiger partial charge in [-0.3, -0.25) is 9.59 Å². The summed E-state index contributed by atoms with van der Waals surface area (Å²) < 4.78 is 5.69. The van der Waals surface area contributed by atoms with Crippen molar-refractivity contribution < 1.29 is 14.3 Å². The van der Waals surface area contributed by atoms with Crippen LogP contribution in [0.4, 0.5) is 0 Å². The van der Waals surface area contributed by atoms with E-state index < -0.39 is 0 Å². The molecule has 2 amide bonds. The number of hydrogen-bond donors (Lipinski definition) is 2. The van der Waals surface area contributed by atoms with Crippen LogP contribution in [0.5, 0.6) is 5.75 Å². The molecule has 0 atom stereocenters. The molecule has 98 valence electrons. The van der Waals surface area contributed by atoms with E-state index in [0.717, 1.165) is 0 Å². The van der Waals surface area contributed by atoms with Crippen LogP contribution in [-0.4, -0.2) is 32.0 Å². The molecule has 0 radical (unpaired) electrons. The summed E-state index contributed by atoms with van der Waals surface area (Å²) in [7, 11) is 1.53. The Balaban J connectivity index is 2.69. The van der Waals surface area contributed by atoms with Gasteiger partial charge in [0.2, 0.25) is 5.91 Å². The fraction of sp³-hybridized carbons (Fsp3) is 0.333. The van der Waals surface area contributed by atoms with Gasteiger partial charge in [0.25, 0.3) is 5.91 Å². The third-order valence-corrected chi connectivity index (χ3v) is 2.89. The molecule has 0 saturated carbocycles. The van der Waals surface area contributed by atoms with Crippen molar-refractivity contribution in [3.05, 3.63) is 28.2 Å². The number of carbonyl (C=O) groups excluding carboxylic acids is 2. The highest BCUT2D eigenvalue weighted by Gasteiger charge is 2.12. The van der Waals surface area contributed by atoms with Crippen LogP contribution in [-0.2, 0) is 4.79 Å². The maximum Gasteiger partial charge on any atom is 0.252 e. The van der Waals surface area contributed by atoms with Crippen LogP contribution in [0.3, 0.4) is 0 Å². The standard InChI is InChI=1S/C12H15BrN2O3/c1-3-14-11(16)7-15-12(17)9-6-8(18-2)4-5-10(9)13/h4-6H,3,7H2,1-2H3,(H,14,16)(H,15,17). The quantitative estimate of drug-likeness (QED) is 0.861. The van der Waals surface area contributed by atoms with E-state index in [0.29, 0.717) is 22.3 Å². The van der Waals surface area contributed by atoms with Gasteiger partial charge in [-0.25, -0.2) is 0 Å². The topological polar surface area (TPSA) is 67.4 Å². The maximum atomic E-state index is 11.9. The van der Waals surface area contributed by atoms with E-state index in [1.807, 2.05) is 6.92 Å². The van der Waals surface area contributed by atoms with Crippen molar-refractivity contribution in [2.45, 2.75) is 6.92 Å². The molecule has 6 heteroatoms. The lowest BCUT2D eigenvalue weighted by Gasteiger charge is -2.08. The maximum absolute atomic E-state index is 11.9. The molecule has 0 aliphatic rings. The minimum absolute atomic E-state index is 0.0453. The van der Waals surface area contributed by atoms with Crippen LogP contribution in [0.1, 0.15) is 17.3 Å². The average Bonchev–Trinajstić information content (AvgIpc) is 2.37. The van der Waals surface area contributed by atoms with E-state index in [1.165, 1.54) is 7.11 Å². The Morgan fingerprint density at radius 3 is 2.67 bits per heavy atom. The summed E-state index contributed by atoms with van der Waals surface area (Å²) >= 11 is 3.28. The molecular formula is C12H15BrN2O3. The molecule has 0 unspecified atom stereocenters. The number of rotatable bonds is 5. The molecule has 1 aromatic carbocycles. The van der Waals surface area contributed by atoms with Gasteiger partial charge < -0.3 is 15.4 Å². The van der Waals surface area contributed by atoms with Gasteiger partial charge in [0.15, 0.2) is 0 Å². The molecular weight excluding hydrogens is 300 g/mol. The Hall–Kier alpha value is -1.56. The Morgan fingerprint density at radius 1 is 1.33 bits per heavy atom. The summed E-state index contributed by atoms with van der Waals surface area (Å²) in [6.07, 6.45) is 0. The normalized spacial score (nSPS) is 9.72. The van der Waals surface area contributed by atoms with E-state index >= 15 is 0 Å². The number of amides is 2. The first kappa shape index (κ1) is 14.5. The van der Waals surface area contributed by atoms with E-state index in [1.54, 1.807) is 18.2 Å². The van der Waals surface area contributed by atoms with Gasteiger partial charge >= 0.3 is 0 Å². The minimum atomic E-state index is -0.327. The average molecular weight is 315 g/mol. The number of carbonyl (C=O) groups is 2. The van der Waals surface area contributed by atoms with Crippen molar-refractivity contribution >= 4 is 27.7 Å². The van der Waals surface area contributed by atoms with Gasteiger partial charge in [-0.15, -0.1) is 0 Å². The highest BCUT2D eigenvalue weighted by Crippen LogP contribution is 2.22. The molecule has 1 aromatic rings. The molecule has 0 aliphatic carbocycles. The highest BCUT2D eigenvalue weighted by atomic mass is 79.9. The van der Waals surface area contributed by atoms with Crippen LogP contribution < -0.4 is 15.4 Å². The number of nitrogens with one attached hydrogen (secondary N) is 2. The zero-order valence-electron chi connectivity index (χ0n) is 10.2. The van der Waals surface area contributed by atoms with Crippen LogP contribution >= 0.6 is 15.9 Å². The Bertz CT molecular complexity index is 449. The smallest absolute Gasteiger partial charge is 0.252 e. The Labute approximate surface area is 114 Å². The van der Waals surface area contributed by atoms with Gasteiger partial charge in [0.05, 0.1) is 19.2 Å². The molecule has 0 spiro atoms. The molecule has 1 rings (SSSR count). The van der Waals surface area contributed by atoms with E-state index in [2.05, 4.69) is 26.6 Å². The van der Waals surface area contributed by atoms with E-state index in [-0.39, 0.29) is 18.4 Å². The van der Waals surface area contributed by atoms with Gasteiger partial charge in [0.1, 0.15) is 5.75 Å². The third kappa shape index (κ3) is 4.03. The number of benzene rings is 1. The number of halogens is 1. The second kappa shape index (κ2) is 7.00. The number of likely N-dealkylation sites (N-methyl/N-ethyl adjacent to an activating group) is 1. The zero-order valence-corrected chi connectivity index (χ0v) is 11.8. The number of hydrogen-bond acceptors (Lipinski definition) is 3. The van der Waals surface area contributed by atoms with Crippen molar-refractivity contribution in [3.63, 3.8) is 0 Å². The molecule has 18 heavy (non-hydrogen) atoms. The summed E-state index contributed by atoms with van der Waals surface area (Å²) in [4.78, 5) is 23.1. The third-order valence-electron chi connectivity index (χ3n) is 2.20. The Morgan fingerprint density at radius 2 is 2.06 bits per heavy atom. The second-order valence-corrected chi connectivity index (χ2v) is 4.34. The summed E-state index contributed by atoms with van der Waals surface area (Å²) in [5.74, 6) is 0.0401. The van der Waals surface area contributed by atoms with Crippen molar-refractivity contribution in [1.29, 1.82) is 0 Å². The first-order valence-corrected chi connectivity index (χ1v) is 6.26. The lowest BCUT2D eigenvalue weighted by molar-refractivity contribution is -0.120. The van der Waals surface area contributed by atoms with Crippen molar-refractivity contribution in [3.8, 4) is 5.75 Å². The lowest BCUT2D eigenvalue weighted by Crippen LogP contribution is -2.36. The summed E-state index contributed by atoms with van der Waals surface area (Å²) in [5, 5.41) is 5.14. The fourth-order valence-electron chi connectivity index (χ4n) is 1.32. The van der Waals surface area contributed by atoms with Crippen LogP contribution in [0, 0.1) is 0 Å². The summed E-state index contributed by atoms with van der Waals surface area (Å²) in [6.45, 7) is 2.31. The molecule has 2 N–H and O–H groups in total. The fourth-order valence-corrected chi connectivity index (χ4v) is 1.75. The predicted molar refractivity (Wildman–Crippen MR) is 71.7 cm³/mol. The molecule has 0 fully saturated rings. The largest absolute Gasteiger partial charge is 0.497 e. The Kier molecular flexibility index (Phi) is 5.64.